The van der Waals surface area contributed by atoms with Crippen molar-refractivity contribution in [3.05, 3.63) is 29.8 Å². The predicted octanol–water partition coefficient (Wildman–Crippen LogP) is 1.79. The predicted molar refractivity (Wildman–Crippen MR) is 95.3 cm³/mol. The largest absolute Gasteiger partial charge is 0.480 e. The molecule has 1 amide bonds. The Kier molecular flexibility index (Phi) is 5.07. The number of carbonyl (C=O) groups excluding carboxylic acids is 1. The molecular weight excluding hydrogens is 356 g/mol. The van der Waals surface area contributed by atoms with E-state index in [1.807, 2.05) is 0 Å². The molecule has 1 N–H and O–H groups in total. The average Bonchev–Trinajstić information content (AvgIpc) is 3.01. The molecule has 0 radical (unpaired) electrons. The van der Waals surface area contributed by atoms with E-state index in [1.165, 1.54) is 33.5 Å². The van der Waals surface area contributed by atoms with Crippen LogP contribution in [0.15, 0.2) is 29.2 Å². The molecule has 1 aliphatic heterocycles. The first-order valence-electron chi connectivity index (χ1n) is 8.81. The van der Waals surface area contributed by atoms with E-state index in [-0.39, 0.29) is 22.8 Å². The Bertz CT molecular complexity index is 803. The van der Waals surface area contributed by atoms with Gasteiger partial charge in [0.25, 0.3) is 5.91 Å². The quantitative estimate of drug-likeness (QED) is 0.859. The van der Waals surface area contributed by atoms with Crippen molar-refractivity contribution >= 4 is 21.9 Å². The van der Waals surface area contributed by atoms with Gasteiger partial charge in [0.2, 0.25) is 10.0 Å². The maximum absolute atomic E-state index is 13.2. The highest BCUT2D eigenvalue weighted by Gasteiger charge is 2.51. The Balaban J connectivity index is 1.95. The Morgan fingerprint density at radius 1 is 1.12 bits per heavy atom. The Hall–Kier alpha value is -1.93. The van der Waals surface area contributed by atoms with Crippen LogP contribution in [-0.4, -0.2) is 60.8 Å². The third kappa shape index (κ3) is 3.23. The number of benzene rings is 1. The summed E-state index contributed by atoms with van der Waals surface area (Å²) in [7, 11) is -0.693. The fourth-order valence-electron chi connectivity index (χ4n) is 4.12. The zero-order chi connectivity index (χ0) is 19.1. The molecule has 1 aliphatic carbocycles. The molecule has 3 atom stereocenters. The van der Waals surface area contributed by atoms with Crippen molar-refractivity contribution in [1.82, 2.24) is 9.21 Å². The molecule has 1 saturated heterocycles. The van der Waals surface area contributed by atoms with Crippen molar-refractivity contribution in [2.75, 3.05) is 14.1 Å². The first kappa shape index (κ1) is 18.8. The van der Waals surface area contributed by atoms with Gasteiger partial charge in [0.1, 0.15) is 6.04 Å². The van der Waals surface area contributed by atoms with Crippen LogP contribution >= 0.6 is 0 Å². The molecule has 1 aromatic carbocycles. The lowest BCUT2D eigenvalue weighted by Gasteiger charge is -2.32. The number of sulfonamides is 1. The molecule has 0 spiro atoms. The van der Waals surface area contributed by atoms with Crippen LogP contribution in [0.25, 0.3) is 0 Å². The molecular formula is C18H24N2O5S. The van der Waals surface area contributed by atoms with Gasteiger partial charge in [-0.25, -0.2) is 8.42 Å². The molecule has 1 heterocycles. The van der Waals surface area contributed by atoms with Crippen LogP contribution in [0.2, 0.25) is 0 Å². The van der Waals surface area contributed by atoms with Gasteiger partial charge in [-0.1, -0.05) is 12.8 Å². The lowest BCUT2D eigenvalue weighted by atomic mass is 9.85. The second-order valence-electron chi connectivity index (χ2n) is 7.26. The zero-order valence-corrected chi connectivity index (χ0v) is 15.8. The fraction of sp³-hybridized carbons (Fsp3) is 0.556. The van der Waals surface area contributed by atoms with Crippen LogP contribution in [-0.2, 0) is 14.8 Å². The van der Waals surface area contributed by atoms with Gasteiger partial charge in [-0.2, -0.15) is 4.31 Å². The minimum Gasteiger partial charge on any atom is -0.480 e. The number of carbonyl (C=O) groups is 2. The number of rotatable bonds is 4. The minimum atomic E-state index is -3.94. The van der Waals surface area contributed by atoms with E-state index in [1.54, 1.807) is 14.1 Å². The van der Waals surface area contributed by atoms with Crippen molar-refractivity contribution in [2.45, 2.75) is 49.1 Å². The van der Waals surface area contributed by atoms with Gasteiger partial charge in [0.05, 0.1) is 4.90 Å². The molecule has 7 nitrogen and oxygen atoms in total. The highest BCUT2D eigenvalue weighted by Crippen LogP contribution is 2.42. The number of carboxylic acids is 1. The first-order chi connectivity index (χ1) is 12.2. The third-order valence-corrected chi connectivity index (χ3v) is 7.35. The van der Waals surface area contributed by atoms with Gasteiger partial charge in [-0.15, -0.1) is 0 Å². The summed E-state index contributed by atoms with van der Waals surface area (Å²) in [6, 6.07) is 4.45. The van der Waals surface area contributed by atoms with Crippen molar-refractivity contribution in [3.8, 4) is 0 Å². The monoisotopic (exact) mass is 380 g/mol. The highest BCUT2D eigenvalue weighted by atomic mass is 32.2. The van der Waals surface area contributed by atoms with E-state index in [0.29, 0.717) is 18.4 Å². The van der Waals surface area contributed by atoms with E-state index in [9.17, 15) is 23.1 Å². The smallest absolute Gasteiger partial charge is 0.322 e. The van der Waals surface area contributed by atoms with Crippen LogP contribution in [0.3, 0.4) is 0 Å². The summed E-state index contributed by atoms with van der Waals surface area (Å²) in [6.45, 7) is 0. The van der Waals surface area contributed by atoms with Crippen molar-refractivity contribution in [1.29, 1.82) is 0 Å². The molecule has 0 aromatic heterocycles. The zero-order valence-electron chi connectivity index (χ0n) is 15.0. The minimum absolute atomic E-state index is 0.0327. The van der Waals surface area contributed by atoms with Crippen LogP contribution in [0, 0.1) is 5.92 Å². The summed E-state index contributed by atoms with van der Waals surface area (Å²) in [4.78, 5) is 25.1. The molecule has 3 rings (SSSR count). The van der Waals surface area contributed by atoms with E-state index in [2.05, 4.69) is 0 Å². The summed E-state index contributed by atoms with van der Waals surface area (Å²) < 4.78 is 27.6. The number of hydrogen-bond acceptors (Lipinski definition) is 4. The van der Waals surface area contributed by atoms with Crippen molar-refractivity contribution in [2.24, 2.45) is 5.92 Å². The van der Waals surface area contributed by atoms with Gasteiger partial charge in [-0.05, 0) is 49.4 Å². The summed E-state index contributed by atoms with van der Waals surface area (Å²) in [5.74, 6) is -1.21. The molecule has 8 heteroatoms. The molecule has 3 unspecified atom stereocenters. The van der Waals surface area contributed by atoms with E-state index in [0.717, 1.165) is 19.3 Å². The second kappa shape index (κ2) is 7.00. The number of amides is 1. The second-order valence-corrected chi connectivity index (χ2v) is 9.10. The van der Waals surface area contributed by atoms with Gasteiger partial charge >= 0.3 is 5.97 Å². The molecule has 26 heavy (non-hydrogen) atoms. The lowest BCUT2D eigenvalue weighted by molar-refractivity contribution is -0.141. The van der Waals surface area contributed by atoms with Crippen molar-refractivity contribution < 1.29 is 23.1 Å². The molecule has 1 aromatic rings. The molecule has 2 fully saturated rings. The van der Waals surface area contributed by atoms with E-state index >= 15 is 0 Å². The van der Waals surface area contributed by atoms with Gasteiger partial charge < -0.3 is 10.0 Å². The first-order valence-corrected chi connectivity index (χ1v) is 10.3. The number of hydrogen-bond donors (Lipinski definition) is 1. The van der Waals surface area contributed by atoms with Crippen LogP contribution in [0.1, 0.15) is 42.5 Å². The normalized spacial score (nSPS) is 26.3. The summed E-state index contributed by atoms with van der Waals surface area (Å²) in [6.07, 6.45) is 3.87. The van der Waals surface area contributed by atoms with Gasteiger partial charge in [0.15, 0.2) is 0 Å². The van der Waals surface area contributed by atoms with Gasteiger partial charge in [0, 0.05) is 25.7 Å². The number of aliphatic carboxylic acids is 1. The van der Waals surface area contributed by atoms with Crippen LogP contribution < -0.4 is 0 Å². The average molecular weight is 380 g/mol. The van der Waals surface area contributed by atoms with E-state index in [4.69, 9.17) is 0 Å². The maximum atomic E-state index is 13.2. The van der Waals surface area contributed by atoms with Crippen LogP contribution in [0.5, 0.6) is 0 Å². The standard InChI is InChI=1S/C18H24N2O5S/c1-19(2)17(21)12-7-9-14(10-8-12)26(24,25)20-15-6-4-3-5-13(15)11-16(20)18(22)23/h7-10,13,15-16H,3-6,11H2,1-2H3,(H,22,23). The Morgan fingerprint density at radius 2 is 1.73 bits per heavy atom. The number of nitrogens with zero attached hydrogens (tertiary/aromatic N) is 2. The molecule has 1 saturated carbocycles. The SMILES string of the molecule is CN(C)C(=O)c1ccc(S(=O)(=O)N2C(C(=O)O)CC3CCCCC32)cc1. The summed E-state index contributed by atoms with van der Waals surface area (Å²) in [5, 5.41) is 9.56. The summed E-state index contributed by atoms with van der Waals surface area (Å²) >= 11 is 0. The van der Waals surface area contributed by atoms with Gasteiger partial charge in [-0.3, -0.25) is 9.59 Å². The van der Waals surface area contributed by atoms with E-state index < -0.39 is 22.0 Å². The number of fused-ring (bicyclic) bond motifs is 1. The maximum Gasteiger partial charge on any atom is 0.322 e. The topological polar surface area (TPSA) is 95.0 Å². The fourth-order valence-corrected chi connectivity index (χ4v) is 5.99. The summed E-state index contributed by atoms with van der Waals surface area (Å²) in [5.41, 5.74) is 0.390. The lowest BCUT2D eigenvalue weighted by Crippen LogP contribution is -2.46. The molecule has 0 bridgehead atoms. The highest BCUT2D eigenvalue weighted by molar-refractivity contribution is 7.89. The Labute approximate surface area is 153 Å². The molecule has 2 aliphatic rings. The Morgan fingerprint density at radius 3 is 2.31 bits per heavy atom. The third-order valence-electron chi connectivity index (χ3n) is 5.40. The van der Waals surface area contributed by atoms with Crippen molar-refractivity contribution in [3.63, 3.8) is 0 Å². The number of carboxylic acid groups (broad SMARTS) is 1. The molecule has 142 valence electrons. The van der Waals surface area contributed by atoms with Crippen LogP contribution in [0.4, 0.5) is 0 Å².